The van der Waals surface area contributed by atoms with Crippen LogP contribution in [0, 0.1) is 5.82 Å². The molecule has 0 saturated carbocycles. The molecular weight excluding hydrogens is 275 g/mol. The van der Waals surface area contributed by atoms with Crippen LogP contribution in [0.3, 0.4) is 0 Å². The lowest BCUT2D eigenvalue weighted by atomic mass is 9.97. The van der Waals surface area contributed by atoms with Gasteiger partial charge in [-0.15, -0.1) is 0 Å². The zero-order chi connectivity index (χ0) is 14.1. The van der Waals surface area contributed by atoms with Gasteiger partial charge in [0.25, 0.3) is 0 Å². The molecule has 0 unspecified atom stereocenters. The zero-order valence-corrected chi connectivity index (χ0v) is 11.2. The monoisotopic (exact) mass is 284 g/mol. The third-order valence-electron chi connectivity index (χ3n) is 3.16. The van der Waals surface area contributed by atoms with E-state index >= 15 is 0 Å². The Morgan fingerprint density at radius 3 is 2.50 bits per heavy atom. The molecule has 0 saturated heterocycles. The van der Waals surface area contributed by atoms with E-state index in [-0.39, 0.29) is 16.4 Å². The molecule has 0 bridgehead atoms. The molecule has 0 aliphatic rings. The number of carbonyl (C=O) groups is 1. The normalized spacial score (nSPS) is 10.7. The summed E-state index contributed by atoms with van der Waals surface area (Å²) >= 11 is 5.81. The highest BCUT2D eigenvalue weighted by atomic mass is 35.5. The highest BCUT2D eigenvalue weighted by Crippen LogP contribution is 2.23. The maximum absolute atomic E-state index is 13.4. The molecule has 0 aromatic heterocycles. The van der Waals surface area contributed by atoms with Crippen molar-refractivity contribution >= 4 is 28.2 Å². The highest BCUT2D eigenvalue weighted by Gasteiger charge is 2.13. The van der Waals surface area contributed by atoms with Gasteiger partial charge in [-0.1, -0.05) is 54.1 Å². The predicted octanol–water partition coefficient (Wildman–Crippen LogP) is 4.86. The van der Waals surface area contributed by atoms with Crippen molar-refractivity contribution in [3.8, 4) is 0 Å². The lowest BCUT2D eigenvalue weighted by Gasteiger charge is -2.06. The van der Waals surface area contributed by atoms with Crippen LogP contribution in [0.5, 0.6) is 0 Å². The SMILES string of the molecule is O=C(c1cc(F)cc(Cl)c1)c1cccc2ccccc12. The van der Waals surface area contributed by atoms with Crippen LogP contribution in [-0.4, -0.2) is 5.78 Å². The quantitative estimate of drug-likeness (QED) is 0.614. The van der Waals surface area contributed by atoms with Crippen molar-refractivity contribution in [3.05, 3.63) is 82.6 Å². The predicted molar refractivity (Wildman–Crippen MR) is 78.8 cm³/mol. The van der Waals surface area contributed by atoms with Crippen LogP contribution in [0.25, 0.3) is 10.8 Å². The first kappa shape index (κ1) is 12.8. The van der Waals surface area contributed by atoms with Crippen LogP contribution in [0.4, 0.5) is 4.39 Å². The number of halogens is 2. The van der Waals surface area contributed by atoms with Crippen molar-refractivity contribution in [2.45, 2.75) is 0 Å². The summed E-state index contributed by atoms with van der Waals surface area (Å²) in [5.41, 5.74) is 0.802. The summed E-state index contributed by atoms with van der Waals surface area (Å²) in [6, 6.07) is 17.0. The van der Waals surface area contributed by atoms with Crippen LogP contribution in [-0.2, 0) is 0 Å². The minimum atomic E-state index is -0.513. The number of rotatable bonds is 2. The number of carbonyl (C=O) groups excluding carboxylic acids is 1. The summed E-state index contributed by atoms with van der Waals surface area (Å²) in [5, 5.41) is 2.04. The molecule has 0 aliphatic heterocycles. The molecule has 20 heavy (non-hydrogen) atoms. The molecule has 0 N–H and O–H groups in total. The van der Waals surface area contributed by atoms with Gasteiger partial charge in [0, 0.05) is 16.1 Å². The van der Waals surface area contributed by atoms with Gasteiger partial charge < -0.3 is 0 Å². The summed E-state index contributed by atoms with van der Waals surface area (Å²) in [4.78, 5) is 12.5. The second-order valence-electron chi connectivity index (χ2n) is 4.51. The average Bonchev–Trinajstić information content (AvgIpc) is 2.45. The van der Waals surface area contributed by atoms with Crippen LogP contribution in [0.15, 0.2) is 60.7 Å². The maximum atomic E-state index is 13.4. The van der Waals surface area contributed by atoms with Gasteiger partial charge in [-0.25, -0.2) is 4.39 Å². The van der Waals surface area contributed by atoms with Crippen molar-refractivity contribution in [1.29, 1.82) is 0 Å². The van der Waals surface area contributed by atoms with Gasteiger partial charge in [0.1, 0.15) is 5.82 Å². The molecule has 0 heterocycles. The Kier molecular flexibility index (Phi) is 3.25. The molecule has 0 amide bonds. The number of fused-ring (bicyclic) bond motifs is 1. The zero-order valence-electron chi connectivity index (χ0n) is 10.4. The Morgan fingerprint density at radius 2 is 1.70 bits per heavy atom. The standard InChI is InChI=1S/C17H10ClFO/c18-13-8-12(9-14(19)10-13)17(20)16-7-3-5-11-4-1-2-6-15(11)16/h1-10H. The minimum absolute atomic E-state index is 0.216. The molecule has 0 atom stereocenters. The van der Waals surface area contributed by atoms with Crippen LogP contribution in [0.1, 0.15) is 15.9 Å². The fourth-order valence-corrected chi connectivity index (χ4v) is 2.49. The van der Waals surface area contributed by atoms with Gasteiger partial charge in [0.05, 0.1) is 0 Å². The van der Waals surface area contributed by atoms with E-state index in [0.717, 1.165) is 10.8 Å². The van der Waals surface area contributed by atoms with E-state index in [0.29, 0.717) is 5.56 Å². The molecule has 3 heteroatoms. The lowest BCUT2D eigenvalue weighted by molar-refractivity contribution is 0.104. The first-order valence-electron chi connectivity index (χ1n) is 6.14. The van der Waals surface area contributed by atoms with Crippen LogP contribution < -0.4 is 0 Å². The highest BCUT2D eigenvalue weighted by molar-refractivity contribution is 6.31. The smallest absolute Gasteiger partial charge is 0.193 e. The molecular formula is C17H10ClFO. The van der Waals surface area contributed by atoms with Crippen LogP contribution in [0.2, 0.25) is 5.02 Å². The molecule has 1 nitrogen and oxygen atoms in total. The Labute approximate surface area is 120 Å². The van der Waals surface area contributed by atoms with E-state index in [9.17, 15) is 9.18 Å². The molecule has 0 radical (unpaired) electrons. The van der Waals surface area contributed by atoms with E-state index < -0.39 is 5.82 Å². The summed E-state index contributed by atoms with van der Waals surface area (Å²) in [6.07, 6.45) is 0. The lowest BCUT2D eigenvalue weighted by Crippen LogP contribution is -2.02. The Morgan fingerprint density at radius 1 is 0.950 bits per heavy atom. The number of hydrogen-bond donors (Lipinski definition) is 0. The van der Waals surface area contributed by atoms with E-state index in [4.69, 9.17) is 11.6 Å². The summed E-state index contributed by atoms with van der Waals surface area (Å²) in [6.45, 7) is 0. The number of benzene rings is 3. The fraction of sp³-hybridized carbons (Fsp3) is 0. The van der Waals surface area contributed by atoms with Crippen molar-refractivity contribution in [1.82, 2.24) is 0 Å². The Balaban J connectivity index is 2.17. The molecule has 0 fully saturated rings. The van der Waals surface area contributed by atoms with Gasteiger partial charge in [0.15, 0.2) is 5.78 Å². The topological polar surface area (TPSA) is 17.1 Å². The van der Waals surface area contributed by atoms with Crippen molar-refractivity contribution in [2.75, 3.05) is 0 Å². The fourth-order valence-electron chi connectivity index (χ4n) is 2.26. The van der Waals surface area contributed by atoms with E-state index in [1.807, 2.05) is 36.4 Å². The minimum Gasteiger partial charge on any atom is -0.289 e. The summed E-state index contributed by atoms with van der Waals surface area (Å²) in [7, 11) is 0. The van der Waals surface area contributed by atoms with E-state index in [2.05, 4.69) is 0 Å². The number of hydrogen-bond acceptors (Lipinski definition) is 1. The molecule has 3 aromatic carbocycles. The van der Waals surface area contributed by atoms with Crippen molar-refractivity contribution in [3.63, 3.8) is 0 Å². The first-order chi connectivity index (χ1) is 9.65. The van der Waals surface area contributed by atoms with Crippen molar-refractivity contribution in [2.24, 2.45) is 0 Å². The van der Waals surface area contributed by atoms with Gasteiger partial charge in [0.2, 0.25) is 0 Å². The Hall–Kier alpha value is -2.19. The molecule has 3 rings (SSSR count). The van der Waals surface area contributed by atoms with E-state index in [1.54, 1.807) is 6.07 Å². The van der Waals surface area contributed by atoms with Gasteiger partial charge in [-0.3, -0.25) is 4.79 Å². The Bertz CT molecular complexity index is 785. The van der Waals surface area contributed by atoms with Crippen LogP contribution >= 0.6 is 11.6 Å². The van der Waals surface area contributed by atoms with Gasteiger partial charge >= 0.3 is 0 Å². The molecule has 0 aliphatic carbocycles. The molecule has 0 spiro atoms. The summed E-state index contributed by atoms with van der Waals surface area (Å²) < 4.78 is 13.4. The second kappa shape index (κ2) is 5.06. The third kappa shape index (κ3) is 2.30. The molecule has 3 aromatic rings. The number of ketones is 1. The van der Waals surface area contributed by atoms with Gasteiger partial charge in [-0.2, -0.15) is 0 Å². The van der Waals surface area contributed by atoms with E-state index in [1.165, 1.54) is 18.2 Å². The maximum Gasteiger partial charge on any atom is 0.193 e. The van der Waals surface area contributed by atoms with Crippen molar-refractivity contribution < 1.29 is 9.18 Å². The average molecular weight is 285 g/mol. The third-order valence-corrected chi connectivity index (χ3v) is 3.38. The summed E-state index contributed by atoms with van der Waals surface area (Å²) in [5.74, 6) is -0.746. The molecule has 98 valence electrons. The first-order valence-corrected chi connectivity index (χ1v) is 6.51. The second-order valence-corrected chi connectivity index (χ2v) is 4.95. The largest absolute Gasteiger partial charge is 0.289 e. The van der Waals surface area contributed by atoms with Gasteiger partial charge in [-0.05, 0) is 29.0 Å².